The van der Waals surface area contributed by atoms with Gasteiger partial charge in [-0.05, 0) is 0 Å². The van der Waals surface area contributed by atoms with Gasteiger partial charge in [-0.15, -0.1) is 0 Å². The Morgan fingerprint density at radius 2 is 2.31 bits per heavy atom. The summed E-state index contributed by atoms with van der Waals surface area (Å²) in [6.45, 7) is -0.752. The zero-order valence-corrected chi connectivity index (χ0v) is 8.18. The predicted molar refractivity (Wildman–Crippen MR) is 48.3 cm³/mol. The molecule has 0 radical (unpaired) electrons. The number of pyridine rings is 1. The minimum atomic E-state index is -3.08. The molecule has 0 spiro atoms. The molecule has 0 amide bonds. The van der Waals surface area contributed by atoms with Gasteiger partial charge in [0.15, 0.2) is 0 Å². The Hall–Kier alpha value is -1.83. The molecule has 0 fully saturated rings. The molecular formula is C8H8F2N2O4. The zero-order valence-electron chi connectivity index (χ0n) is 8.18. The highest BCUT2D eigenvalue weighted by molar-refractivity contribution is 5.52. The molecule has 1 aromatic rings. The van der Waals surface area contributed by atoms with Crippen LogP contribution in [0.4, 0.5) is 14.5 Å². The van der Waals surface area contributed by atoms with E-state index in [-0.39, 0.29) is 5.56 Å². The van der Waals surface area contributed by atoms with E-state index in [9.17, 15) is 18.9 Å². The van der Waals surface area contributed by atoms with Gasteiger partial charge in [-0.25, -0.2) is 13.8 Å². The highest BCUT2D eigenvalue weighted by atomic mass is 19.3. The van der Waals surface area contributed by atoms with E-state index < -0.39 is 35.1 Å². The molecule has 0 aromatic carbocycles. The van der Waals surface area contributed by atoms with Crippen LogP contribution in [0.25, 0.3) is 0 Å². The number of nitrogens with zero attached hydrogens (tertiary/aromatic N) is 2. The van der Waals surface area contributed by atoms with Crippen LogP contribution in [0.15, 0.2) is 6.20 Å². The van der Waals surface area contributed by atoms with Crippen molar-refractivity contribution in [3.63, 3.8) is 0 Å². The van der Waals surface area contributed by atoms with Crippen molar-refractivity contribution in [1.29, 1.82) is 0 Å². The van der Waals surface area contributed by atoms with Gasteiger partial charge in [0.2, 0.25) is 0 Å². The van der Waals surface area contributed by atoms with Crippen molar-refractivity contribution in [2.75, 3.05) is 7.11 Å². The van der Waals surface area contributed by atoms with Crippen LogP contribution in [-0.4, -0.2) is 22.1 Å². The number of aromatic nitrogens is 1. The lowest BCUT2D eigenvalue weighted by Crippen LogP contribution is -2.05. The lowest BCUT2D eigenvalue weighted by atomic mass is 10.1. The van der Waals surface area contributed by atoms with Gasteiger partial charge >= 0.3 is 5.69 Å². The summed E-state index contributed by atoms with van der Waals surface area (Å²) < 4.78 is 29.8. The summed E-state index contributed by atoms with van der Waals surface area (Å²) in [4.78, 5) is 13.1. The van der Waals surface area contributed by atoms with Gasteiger partial charge in [-0.1, -0.05) is 0 Å². The van der Waals surface area contributed by atoms with E-state index in [0.29, 0.717) is 0 Å². The average molecular weight is 234 g/mol. The molecule has 16 heavy (non-hydrogen) atoms. The van der Waals surface area contributed by atoms with Crippen molar-refractivity contribution in [2.24, 2.45) is 0 Å². The molecule has 8 heteroatoms. The molecule has 0 aliphatic carbocycles. The summed E-state index contributed by atoms with van der Waals surface area (Å²) in [5, 5.41) is 19.4. The minimum absolute atomic E-state index is 0.289. The number of methoxy groups -OCH3 is 1. The molecule has 1 N–H and O–H groups in total. The third kappa shape index (κ3) is 2.06. The molecule has 0 saturated heterocycles. The molecule has 6 nitrogen and oxygen atoms in total. The van der Waals surface area contributed by atoms with Crippen LogP contribution >= 0.6 is 0 Å². The van der Waals surface area contributed by atoms with Gasteiger partial charge in [0.25, 0.3) is 12.3 Å². The van der Waals surface area contributed by atoms with Gasteiger partial charge in [-0.3, -0.25) is 10.1 Å². The largest absolute Gasteiger partial charge is 0.476 e. The van der Waals surface area contributed by atoms with Gasteiger partial charge in [0.1, 0.15) is 5.56 Å². The zero-order chi connectivity index (χ0) is 12.3. The van der Waals surface area contributed by atoms with E-state index in [1.807, 2.05) is 0 Å². The first-order valence-electron chi connectivity index (χ1n) is 4.12. The highest BCUT2D eigenvalue weighted by Crippen LogP contribution is 2.37. The standard InChI is InChI=1S/C8H8F2N2O4/c1-16-8-6(12(14)15)5(7(9)10)4(3-13)2-11-8/h2,7,13H,3H2,1H3. The number of alkyl halides is 2. The van der Waals surface area contributed by atoms with Crippen LogP contribution < -0.4 is 4.74 Å². The maximum Gasteiger partial charge on any atom is 0.340 e. The molecule has 0 saturated carbocycles. The molecular weight excluding hydrogens is 226 g/mol. The SMILES string of the molecule is COc1ncc(CO)c(C(F)F)c1[N+](=O)[O-]. The van der Waals surface area contributed by atoms with Crippen LogP contribution in [0.3, 0.4) is 0 Å². The fraction of sp³-hybridized carbons (Fsp3) is 0.375. The number of nitro groups is 1. The lowest BCUT2D eigenvalue weighted by Gasteiger charge is -2.09. The van der Waals surface area contributed by atoms with E-state index in [4.69, 9.17) is 5.11 Å². The third-order valence-electron chi connectivity index (χ3n) is 1.91. The lowest BCUT2D eigenvalue weighted by molar-refractivity contribution is -0.387. The van der Waals surface area contributed by atoms with Crippen molar-refractivity contribution < 1.29 is 23.5 Å². The summed E-state index contributed by atoms with van der Waals surface area (Å²) in [6, 6.07) is 0. The fourth-order valence-electron chi connectivity index (χ4n) is 1.23. The van der Waals surface area contributed by atoms with Crippen LogP contribution in [0.2, 0.25) is 0 Å². The van der Waals surface area contributed by atoms with Crippen LogP contribution in [-0.2, 0) is 6.61 Å². The van der Waals surface area contributed by atoms with Crippen LogP contribution in [0.5, 0.6) is 5.88 Å². The van der Waals surface area contributed by atoms with Gasteiger partial charge < -0.3 is 9.84 Å². The molecule has 0 unspecified atom stereocenters. The average Bonchev–Trinajstić information content (AvgIpc) is 2.26. The quantitative estimate of drug-likeness (QED) is 0.629. The first-order valence-corrected chi connectivity index (χ1v) is 4.12. The molecule has 0 atom stereocenters. The maximum absolute atomic E-state index is 12.7. The number of aliphatic hydroxyl groups excluding tert-OH is 1. The monoisotopic (exact) mass is 234 g/mol. The predicted octanol–water partition coefficient (Wildman–Crippen LogP) is 1.43. The first-order chi connectivity index (χ1) is 7.52. The second kappa shape index (κ2) is 4.79. The smallest absolute Gasteiger partial charge is 0.340 e. The van der Waals surface area contributed by atoms with Gasteiger partial charge in [0, 0.05) is 11.8 Å². The summed E-state index contributed by atoms with van der Waals surface area (Å²) in [5.41, 5.74) is -2.06. The second-order valence-electron chi connectivity index (χ2n) is 2.77. The Kier molecular flexibility index (Phi) is 3.67. The summed E-state index contributed by atoms with van der Waals surface area (Å²) in [7, 11) is 1.09. The molecule has 1 aromatic heterocycles. The van der Waals surface area contributed by atoms with Crippen molar-refractivity contribution in [3.05, 3.63) is 27.4 Å². The third-order valence-corrected chi connectivity index (χ3v) is 1.91. The number of rotatable bonds is 4. The van der Waals surface area contributed by atoms with E-state index in [0.717, 1.165) is 13.3 Å². The van der Waals surface area contributed by atoms with Gasteiger partial charge in [-0.2, -0.15) is 0 Å². The number of aliphatic hydroxyl groups is 1. The number of hydrogen-bond donors (Lipinski definition) is 1. The Labute approximate surface area is 88.6 Å². The topological polar surface area (TPSA) is 85.5 Å². The number of halogens is 2. The van der Waals surface area contributed by atoms with Crippen molar-refractivity contribution >= 4 is 5.69 Å². The Bertz CT molecular complexity index is 411. The summed E-state index contributed by atoms with van der Waals surface area (Å²) in [5.74, 6) is -0.502. The Balaban J connectivity index is 3.53. The second-order valence-corrected chi connectivity index (χ2v) is 2.77. The Morgan fingerprint density at radius 3 is 2.69 bits per heavy atom. The number of ether oxygens (including phenoxy) is 1. The molecule has 1 rings (SSSR count). The molecule has 88 valence electrons. The van der Waals surface area contributed by atoms with Crippen LogP contribution in [0, 0.1) is 10.1 Å². The van der Waals surface area contributed by atoms with E-state index in [1.165, 1.54) is 0 Å². The normalized spacial score (nSPS) is 10.6. The molecule has 0 bridgehead atoms. The molecule has 0 aliphatic rings. The van der Waals surface area contributed by atoms with E-state index >= 15 is 0 Å². The van der Waals surface area contributed by atoms with Crippen molar-refractivity contribution in [1.82, 2.24) is 4.98 Å². The van der Waals surface area contributed by atoms with Crippen molar-refractivity contribution in [2.45, 2.75) is 13.0 Å². The summed E-state index contributed by atoms with van der Waals surface area (Å²) in [6.07, 6.45) is -2.16. The van der Waals surface area contributed by atoms with Crippen molar-refractivity contribution in [3.8, 4) is 5.88 Å². The molecule has 1 heterocycles. The Morgan fingerprint density at radius 1 is 1.69 bits per heavy atom. The number of hydrogen-bond acceptors (Lipinski definition) is 5. The van der Waals surface area contributed by atoms with Crippen LogP contribution in [0.1, 0.15) is 17.6 Å². The fourth-order valence-corrected chi connectivity index (χ4v) is 1.23. The minimum Gasteiger partial charge on any atom is -0.476 e. The summed E-state index contributed by atoms with van der Waals surface area (Å²) >= 11 is 0. The maximum atomic E-state index is 12.7. The van der Waals surface area contributed by atoms with Gasteiger partial charge in [0.05, 0.1) is 18.6 Å². The highest BCUT2D eigenvalue weighted by Gasteiger charge is 2.30. The first kappa shape index (κ1) is 12.2. The molecule has 0 aliphatic heterocycles. The van der Waals surface area contributed by atoms with E-state index in [1.54, 1.807) is 0 Å². The van der Waals surface area contributed by atoms with E-state index in [2.05, 4.69) is 9.72 Å².